The lowest BCUT2D eigenvalue weighted by Gasteiger charge is -2.11. The summed E-state index contributed by atoms with van der Waals surface area (Å²) in [5, 5.41) is 10.6. The van der Waals surface area contributed by atoms with Crippen LogP contribution in [0, 0.1) is 0 Å². The van der Waals surface area contributed by atoms with Crippen molar-refractivity contribution in [3.05, 3.63) is 65.9 Å². The minimum atomic E-state index is 0.255. The molecule has 0 spiro atoms. The first kappa shape index (κ1) is 14.1. The lowest BCUT2D eigenvalue weighted by Crippen LogP contribution is -2.07. The number of anilines is 1. The summed E-state index contributed by atoms with van der Waals surface area (Å²) in [5.41, 5.74) is 4.23. The molecule has 0 aliphatic heterocycles. The Hall–Kier alpha value is -2.81. The Morgan fingerprint density at radius 1 is 0.955 bits per heavy atom. The van der Waals surface area contributed by atoms with Crippen LogP contribution in [0.25, 0.3) is 23.1 Å². The second kappa shape index (κ2) is 5.90. The van der Waals surface area contributed by atoms with Crippen molar-refractivity contribution >= 4 is 28.7 Å². The topological polar surface area (TPSA) is 36.4 Å². The number of aromatic nitrogens is 1. The van der Waals surface area contributed by atoms with Crippen LogP contribution in [0.2, 0.25) is 0 Å². The Bertz CT molecular complexity index is 820. The predicted octanol–water partition coefficient (Wildman–Crippen LogP) is 4.18. The Balaban J connectivity index is 1.93. The van der Waals surface area contributed by atoms with Crippen molar-refractivity contribution in [2.75, 3.05) is 19.0 Å². The number of hydrogen-bond donors (Lipinski definition) is 1. The van der Waals surface area contributed by atoms with Crippen molar-refractivity contribution in [1.82, 2.24) is 4.98 Å². The Morgan fingerprint density at radius 3 is 2.45 bits per heavy atom. The van der Waals surface area contributed by atoms with Crippen LogP contribution < -0.4 is 4.90 Å². The molecule has 0 atom stereocenters. The summed E-state index contributed by atoms with van der Waals surface area (Å²) >= 11 is 0. The molecule has 0 bridgehead atoms. The molecule has 0 saturated heterocycles. The van der Waals surface area contributed by atoms with Gasteiger partial charge in [-0.2, -0.15) is 0 Å². The maximum Gasteiger partial charge on any atom is 0.116 e. The van der Waals surface area contributed by atoms with Gasteiger partial charge in [0.1, 0.15) is 5.75 Å². The molecule has 0 aliphatic rings. The summed E-state index contributed by atoms with van der Waals surface area (Å²) in [5.74, 6) is 0.255. The molecule has 3 rings (SSSR count). The Kier molecular flexibility index (Phi) is 3.79. The largest absolute Gasteiger partial charge is 0.508 e. The van der Waals surface area contributed by atoms with Crippen LogP contribution in [-0.4, -0.2) is 24.2 Å². The van der Waals surface area contributed by atoms with E-state index in [1.165, 1.54) is 5.69 Å². The highest BCUT2D eigenvalue weighted by molar-refractivity contribution is 5.91. The van der Waals surface area contributed by atoms with Gasteiger partial charge in [-0.05, 0) is 47.5 Å². The molecule has 0 radical (unpaired) electrons. The van der Waals surface area contributed by atoms with Gasteiger partial charge in [-0.1, -0.05) is 24.3 Å². The third-order valence-electron chi connectivity index (χ3n) is 3.62. The van der Waals surface area contributed by atoms with Gasteiger partial charge in [0.05, 0.1) is 5.52 Å². The molecule has 1 aromatic heterocycles. The minimum absolute atomic E-state index is 0.255. The van der Waals surface area contributed by atoms with Crippen LogP contribution >= 0.6 is 0 Å². The van der Waals surface area contributed by atoms with E-state index in [1.807, 2.05) is 32.3 Å². The molecule has 0 aliphatic carbocycles. The second-order valence-corrected chi connectivity index (χ2v) is 5.42. The van der Waals surface area contributed by atoms with E-state index in [0.29, 0.717) is 0 Å². The molecule has 2 aromatic carbocycles. The molecule has 1 heterocycles. The van der Waals surface area contributed by atoms with Gasteiger partial charge in [0, 0.05) is 31.4 Å². The minimum Gasteiger partial charge on any atom is -0.508 e. The average Bonchev–Trinajstić information content (AvgIpc) is 2.53. The zero-order chi connectivity index (χ0) is 15.5. The molecule has 0 fully saturated rings. The molecule has 3 heteroatoms. The van der Waals surface area contributed by atoms with Crippen molar-refractivity contribution in [1.29, 1.82) is 0 Å². The highest BCUT2D eigenvalue weighted by Gasteiger charge is 2.00. The summed E-state index contributed by atoms with van der Waals surface area (Å²) in [6, 6.07) is 15.5. The maximum atomic E-state index is 9.67. The smallest absolute Gasteiger partial charge is 0.116 e. The number of phenols is 1. The first-order chi connectivity index (χ1) is 10.6. The molecular weight excluding hydrogens is 272 g/mol. The number of fused-ring (bicyclic) bond motifs is 1. The van der Waals surface area contributed by atoms with Crippen LogP contribution in [0.15, 0.2) is 54.7 Å². The zero-order valence-electron chi connectivity index (χ0n) is 12.7. The molecule has 110 valence electrons. The molecular formula is C19H18N2O. The number of pyridine rings is 1. The van der Waals surface area contributed by atoms with E-state index >= 15 is 0 Å². The lowest BCUT2D eigenvalue weighted by atomic mass is 10.1. The molecule has 0 amide bonds. The number of aromatic hydroxyl groups is 1. The Labute approximate surface area is 130 Å². The molecule has 0 saturated carbocycles. The quantitative estimate of drug-likeness (QED) is 0.786. The van der Waals surface area contributed by atoms with Gasteiger partial charge in [-0.3, -0.25) is 4.98 Å². The number of nitrogens with zero attached hydrogens (tertiary/aromatic N) is 2. The van der Waals surface area contributed by atoms with Crippen molar-refractivity contribution in [2.45, 2.75) is 0 Å². The summed E-state index contributed by atoms with van der Waals surface area (Å²) in [7, 11) is 4.06. The SMILES string of the molecule is CN(C)c1ccc(C=Cc2ccnc3ccc(O)cc23)cc1. The van der Waals surface area contributed by atoms with Crippen LogP contribution in [0.1, 0.15) is 11.1 Å². The second-order valence-electron chi connectivity index (χ2n) is 5.42. The van der Waals surface area contributed by atoms with E-state index in [0.717, 1.165) is 22.0 Å². The first-order valence-corrected chi connectivity index (χ1v) is 7.17. The zero-order valence-corrected chi connectivity index (χ0v) is 12.7. The lowest BCUT2D eigenvalue weighted by molar-refractivity contribution is 0.476. The fraction of sp³-hybridized carbons (Fsp3) is 0.105. The van der Waals surface area contributed by atoms with Gasteiger partial charge in [0.15, 0.2) is 0 Å². The number of rotatable bonds is 3. The Morgan fingerprint density at radius 2 is 1.73 bits per heavy atom. The molecule has 22 heavy (non-hydrogen) atoms. The van der Waals surface area contributed by atoms with E-state index in [-0.39, 0.29) is 5.75 Å². The predicted molar refractivity (Wildman–Crippen MR) is 93.1 cm³/mol. The van der Waals surface area contributed by atoms with E-state index in [4.69, 9.17) is 0 Å². The monoisotopic (exact) mass is 290 g/mol. The van der Waals surface area contributed by atoms with Crippen LogP contribution in [0.4, 0.5) is 5.69 Å². The van der Waals surface area contributed by atoms with Gasteiger partial charge < -0.3 is 10.0 Å². The van der Waals surface area contributed by atoms with Gasteiger partial charge >= 0.3 is 0 Å². The third-order valence-corrected chi connectivity index (χ3v) is 3.62. The van der Waals surface area contributed by atoms with Gasteiger partial charge in [-0.15, -0.1) is 0 Å². The van der Waals surface area contributed by atoms with E-state index < -0.39 is 0 Å². The van der Waals surface area contributed by atoms with Crippen LogP contribution in [0.3, 0.4) is 0 Å². The van der Waals surface area contributed by atoms with Crippen molar-refractivity contribution in [3.63, 3.8) is 0 Å². The molecule has 0 unspecified atom stereocenters. The van der Waals surface area contributed by atoms with Gasteiger partial charge in [0.2, 0.25) is 0 Å². The van der Waals surface area contributed by atoms with Crippen molar-refractivity contribution < 1.29 is 5.11 Å². The van der Waals surface area contributed by atoms with Gasteiger partial charge in [-0.25, -0.2) is 0 Å². The standard InChI is InChI=1S/C19H18N2O/c1-21(2)16-7-4-14(5-8-16)3-6-15-11-12-20-19-10-9-17(22)13-18(15)19/h3-13,22H,1-2H3. The van der Waals surface area contributed by atoms with E-state index in [2.05, 4.69) is 40.2 Å². The number of hydrogen-bond acceptors (Lipinski definition) is 3. The van der Waals surface area contributed by atoms with E-state index in [9.17, 15) is 5.11 Å². The van der Waals surface area contributed by atoms with Crippen molar-refractivity contribution in [2.24, 2.45) is 0 Å². The molecule has 3 nitrogen and oxygen atoms in total. The fourth-order valence-corrected chi connectivity index (χ4v) is 2.37. The molecule has 3 aromatic rings. The number of phenolic OH excluding ortho intramolecular Hbond substituents is 1. The summed E-state index contributed by atoms with van der Waals surface area (Å²) < 4.78 is 0. The number of benzene rings is 2. The summed E-state index contributed by atoms with van der Waals surface area (Å²) in [4.78, 5) is 6.39. The summed E-state index contributed by atoms with van der Waals surface area (Å²) in [6.45, 7) is 0. The fourth-order valence-electron chi connectivity index (χ4n) is 2.37. The van der Waals surface area contributed by atoms with Crippen LogP contribution in [-0.2, 0) is 0 Å². The first-order valence-electron chi connectivity index (χ1n) is 7.17. The van der Waals surface area contributed by atoms with E-state index in [1.54, 1.807) is 18.3 Å². The highest BCUT2D eigenvalue weighted by atomic mass is 16.3. The normalized spacial score (nSPS) is 11.2. The average molecular weight is 290 g/mol. The summed E-state index contributed by atoms with van der Waals surface area (Å²) in [6.07, 6.45) is 5.90. The van der Waals surface area contributed by atoms with Crippen molar-refractivity contribution in [3.8, 4) is 5.75 Å². The third kappa shape index (κ3) is 2.93. The molecule has 1 N–H and O–H groups in total. The highest BCUT2D eigenvalue weighted by Crippen LogP contribution is 2.23. The van der Waals surface area contributed by atoms with Crippen LogP contribution in [0.5, 0.6) is 5.75 Å². The van der Waals surface area contributed by atoms with Gasteiger partial charge in [0.25, 0.3) is 0 Å². The maximum absolute atomic E-state index is 9.67.